The van der Waals surface area contributed by atoms with Crippen LogP contribution in [0.3, 0.4) is 0 Å². The van der Waals surface area contributed by atoms with Crippen molar-refractivity contribution < 1.29 is 4.42 Å². The summed E-state index contributed by atoms with van der Waals surface area (Å²) in [6.45, 7) is 38.9. The molecule has 6 aliphatic rings. The molecule has 3 aliphatic carbocycles. The summed E-state index contributed by atoms with van der Waals surface area (Å²) < 4.78 is 7.65. The van der Waals surface area contributed by atoms with E-state index < -0.39 is 0 Å². The molecule has 0 amide bonds. The molecule has 0 spiro atoms. The van der Waals surface area contributed by atoms with Gasteiger partial charge in [0.05, 0.1) is 16.9 Å². The van der Waals surface area contributed by atoms with Gasteiger partial charge in [0.1, 0.15) is 5.58 Å². The molecular weight excluding hydrogens is 982 g/mol. The van der Waals surface area contributed by atoms with Crippen LogP contribution in [-0.4, -0.2) is 12.3 Å². The van der Waals surface area contributed by atoms with Crippen molar-refractivity contribution in [2.24, 2.45) is 0 Å². The second-order valence-corrected chi connectivity index (χ2v) is 31.0. The van der Waals surface area contributed by atoms with Crippen molar-refractivity contribution in [2.75, 3.05) is 14.7 Å². The Balaban J connectivity index is 1.14. The van der Waals surface area contributed by atoms with Gasteiger partial charge < -0.3 is 19.1 Å². The minimum atomic E-state index is -0.195. The SMILES string of the molecule is CC(C)(C)c1ccc(N2c3cc(N4c5ccc(-c6ccccc6)cc5C5(C)CCCCC45C)cc4c3B(c3cc5c(cc3N4c3ccc4c(c3)C(C)(C)CCC4(C)C)C(C)(C)CCC5(C)C)c3oc4ccc(C(C)(C)C)cc4c32)cc1. The van der Waals surface area contributed by atoms with Gasteiger partial charge in [0.25, 0.3) is 6.71 Å². The van der Waals surface area contributed by atoms with Crippen molar-refractivity contribution in [3.8, 4) is 11.1 Å². The fourth-order valence-electron chi connectivity index (χ4n) is 16.4. The summed E-state index contributed by atoms with van der Waals surface area (Å²) in [6, 6.07) is 53.3. The predicted molar refractivity (Wildman–Crippen MR) is 346 cm³/mol. The fourth-order valence-corrected chi connectivity index (χ4v) is 16.4. The number of nitrogens with zero attached hydrogens (tertiary/aromatic N) is 3. The molecule has 1 fully saturated rings. The van der Waals surface area contributed by atoms with Gasteiger partial charge in [0.2, 0.25) is 0 Å². The van der Waals surface area contributed by atoms with Crippen LogP contribution < -0.4 is 31.3 Å². The van der Waals surface area contributed by atoms with Gasteiger partial charge in [0.15, 0.2) is 0 Å². The zero-order valence-corrected chi connectivity index (χ0v) is 51.7. The van der Waals surface area contributed by atoms with E-state index in [2.05, 4.69) is 259 Å². The molecule has 0 radical (unpaired) electrons. The summed E-state index contributed by atoms with van der Waals surface area (Å²) in [5, 5.41) is 1.17. The molecule has 14 rings (SSSR count). The van der Waals surface area contributed by atoms with E-state index in [9.17, 15) is 0 Å². The molecule has 0 bridgehead atoms. The van der Waals surface area contributed by atoms with Gasteiger partial charge in [-0.15, -0.1) is 0 Å². The summed E-state index contributed by atoms with van der Waals surface area (Å²) in [7, 11) is 0. The molecule has 414 valence electrons. The second kappa shape index (κ2) is 17.1. The maximum Gasteiger partial charge on any atom is 0.297 e. The third-order valence-corrected chi connectivity index (χ3v) is 22.0. The van der Waals surface area contributed by atoms with Gasteiger partial charge in [-0.05, 0) is 206 Å². The Labute approximate surface area is 485 Å². The first-order valence-electron chi connectivity index (χ1n) is 30.9. The quantitative estimate of drug-likeness (QED) is 0.164. The Morgan fingerprint density at radius 2 is 1.01 bits per heavy atom. The van der Waals surface area contributed by atoms with Gasteiger partial charge in [-0.25, -0.2) is 0 Å². The van der Waals surface area contributed by atoms with E-state index in [1.165, 1.54) is 120 Å². The lowest BCUT2D eigenvalue weighted by atomic mass is 9.35. The normalized spacial score (nSPS) is 22.6. The molecule has 3 aliphatic heterocycles. The highest BCUT2D eigenvalue weighted by molar-refractivity contribution is 7.00. The van der Waals surface area contributed by atoms with E-state index >= 15 is 0 Å². The van der Waals surface area contributed by atoms with E-state index in [-0.39, 0.29) is 50.2 Å². The van der Waals surface area contributed by atoms with Gasteiger partial charge in [-0.3, -0.25) is 0 Å². The van der Waals surface area contributed by atoms with E-state index in [1.54, 1.807) is 0 Å². The molecule has 4 heterocycles. The Morgan fingerprint density at radius 1 is 0.432 bits per heavy atom. The summed E-state index contributed by atoms with van der Waals surface area (Å²) in [4.78, 5) is 8.23. The zero-order valence-electron chi connectivity index (χ0n) is 51.7. The van der Waals surface area contributed by atoms with Crippen molar-refractivity contribution in [3.05, 3.63) is 172 Å². The standard InChI is InChI=1S/C76H86BN3O/c1-69(2,3)49-25-28-51(29-26-49)79-64-44-53(80-61-32-24-48(47-22-18-17-19-23-47)40-59(61)75(15)34-20-21-35-76(75,80)16)43-63-66(64)77(68-67(79)54-41-50(70(4,5)6)27-33-65(54)81-68)60-45-57-58(74(13,14)39-38-73(57,11)12)46-62(60)78(63)52-30-31-55-56(42-52)72(9,10)37-36-71(55,7)8/h17-19,22-33,40-46H,20-21,34-39H2,1-16H3. The van der Waals surface area contributed by atoms with E-state index in [0.717, 1.165) is 54.7 Å². The van der Waals surface area contributed by atoms with Crippen LogP contribution in [0.5, 0.6) is 0 Å². The van der Waals surface area contributed by atoms with Crippen LogP contribution in [0.15, 0.2) is 138 Å². The highest BCUT2D eigenvalue weighted by Crippen LogP contribution is 2.63. The molecule has 8 aromatic rings. The first-order valence-corrected chi connectivity index (χ1v) is 30.9. The summed E-state index contributed by atoms with van der Waals surface area (Å²) in [6.07, 6.45) is 9.31. The van der Waals surface area contributed by atoms with Gasteiger partial charge in [-0.2, -0.15) is 0 Å². The van der Waals surface area contributed by atoms with Crippen LogP contribution >= 0.6 is 0 Å². The van der Waals surface area contributed by atoms with Crippen LogP contribution in [0, 0.1) is 0 Å². The van der Waals surface area contributed by atoms with Crippen LogP contribution in [0.2, 0.25) is 0 Å². The number of anilines is 8. The van der Waals surface area contributed by atoms with Crippen molar-refractivity contribution in [2.45, 2.75) is 206 Å². The number of hydrogen-bond acceptors (Lipinski definition) is 4. The van der Waals surface area contributed by atoms with Crippen LogP contribution in [-0.2, 0) is 37.9 Å². The molecule has 2 unspecified atom stereocenters. The topological polar surface area (TPSA) is 22.9 Å². The fraction of sp³-hybridized carbons (Fsp3) is 0.421. The van der Waals surface area contributed by atoms with E-state index in [0.29, 0.717) is 0 Å². The lowest BCUT2D eigenvalue weighted by Gasteiger charge is -2.51. The third kappa shape index (κ3) is 7.60. The van der Waals surface area contributed by atoms with Crippen molar-refractivity contribution in [1.29, 1.82) is 0 Å². The number of hydrogen-bond donors (Lipinski definition) is 0. The minimum Gasteiger partial charge on any atom is -0.468 e. The molecule has 1 saturated carbocycles. The molecule has 2 atom stereocenters. The maximum absolute atomic E-state index is 7.65. The van der Waals surface area contributed by atoms with Gasteiger partial charge in [0, 0.05) is 50.6 Å². The third-order valence-electron chi connectivity index (χ3n) is 22.0. The maximum atomic E-state index is 7.65. The number of rotatable bonds is 4. The Hall–Kier alpha value is -6.46. The van der Waals surface area contributed by atoms with Crippen LogP contribution in [0.4, 0.5) is 45.5 Å². The van der Waals surface area contributed by atoms with E-state index in [4.69, 9.17) is 4.42 Å². The Morgan fingerprint density at radius 3 is 1.67 bits per heavy atom. The molecule has 5 heteroatoms. The largest absolute Gasteiger partial charge is 0.468 e. The number of benzene rings is 7. The van der Waals surface area contributed by atoms with Gasteiger partial charge >= 0.3 is 0 Å². The lowest BCUT2D eigenvalue weighted by Crippen LogP contribution is -2.61. The van der Waals surface area contributed by atoms with E-state index in [1.807, 2.05) is 0 Å². The minimum absolute atomic E-state index is 0.00145. The first-order chi connectivity index (χ1) is 38.1. The Kier molecular flexibility index (Phi) is 11.1. The van der Waals surface area contributed by atoms with Crippen molar-refractivity contribution in [1.82, 2.24) is 0 Å². The monoisotopic (exact) mass is 1070 g/mol. The smallest absolute Gasteiger partial charge is 0.297 e. The molecule has 0 saturated heterocycles. The molecule has 7 aromatic carbocycles. The molecular formula is C76H86BN3O. The average Bonchev–Trinajstić information content (AvgIpc) is 3.35. The first kappa shape index (κ1) is 52.6. The predicted octanol–water partition coefficient (Wildman–Crippen LogP) is 19.2. The zero-order chi connectivity index (χ0) is 56.9. The molecule has 0 N–H and O–H groups in total. The molecule has 4 nitrogen and oxygen atoms in total. The lowest BCUT2D eigenvalue weighted by molar-refractivity contribution is 0.195. The number of furan rings is 1. The summed E-state index contributed by atoms with van der Waals surface area (Å²) in [5.41, 5.74) is 26.9. The summed E-state index contributed by atoms with van der Waals surface area (Å²) in [5.74, 6) is 0. The average molecular weight is 1070 g/mol. The van der Waals surface area contributed by atoms with Crippen LogP contribution in [0.1, 0.15) is 201 Å². The Bertz CT molecular complexity index is 3910. The van der Waals surface area contributed by atoms with Gasteiger partial charge in [-0.1, -0.05) is 183 Å². The molecule has 1 aromatic heterocycles. The summed E-state index contributed by atoms with van der Waals surface area (Å²) >= 11 is 0. The van der Waals surface area contributed by atoms with Crippen molar-refractivity contribution in [3.63, 3.8) is 0 Å². The van der Waals surface area contributed by atoms with Crippen LogP contribution in [0.25, 0.3) is 22.1 Å². The van der Waals surface area contributed by atoms with Crippen molar-refractivity contribution >= 4 is 79.8 Å². The molecule has 81 heavy (non-hydrogen) atoms. The highest BCUT2D eigenvalue weighted by atomic mass is 16.3. The highest BCUT2D eigenvalue weighted by Gasteiger charge is 2.59. The number of fused-ring (bicyclic) bond motifs is 11. The second-order valence-electron chi connectivity index (χ2n) is 31.0.